The number of ketones is 1. The predicted molar refractivity (Wildman–Crippen MR) is 151 cm³/mol. The fourth-order valence-corrected chi connectivity index (χ4v) is 5.59. The van der Waals surface area contributed by atoms with E-state index in [0.717, 1.165) is 16.8 Å². The molecule has 5 rings (SSSR count). The smallest absolute Gasteiger partial charge is 0.161 e. The molecule has 0 radical (unpaired) electrons. The van der Waals surface area contributed by atoms with E-state index < -0.39 is 5.92 Å². The molecule has 0 saturated carbocycles. The van der Waals surface area contributed by atoms with Crippen molar-refractivity contribution in [3.05, 3.63) is 105 Å². The Morgan fingerprint density at radius 3 is 2.45 bits per heavy atom. The van der Waals surface area contributed by atoms with Gasteiger partial charge in [-0.1, -0.05) is 35.9 Å². The molecular weight excluding hydrogens is 500 g/mol. The van der Waals surface area contributed by atoms with E-state index >= 15 is 0 Å². The molecule has 7 heteroatoms. The van der Waals surface area contributed by atoms with Gasteiger partial charge in [-0.3, -0.25) is 15.1 Å². The summed E-state index contributed by atoms with van der Waals surface area (Å²) < 4.78 is 11.0. The summed E-state index contributed by atoms with van der Waals surface area (Å²) in [4.78, 5) is 15.5. The van der Waals surface area contributed by atoms with Gasteiger partial charge in [-0.05, 0) is 67.8 Å². The number of hydrogen-bond donors (Lipinski definition) is 2. The van der Waals surface area contributed by atoms with Crippen molar-refractivity contribution < 1.29 is 19.4 Å². The zero-order valence-corrected chi connectivity index (χ0v) is 22.3. The van der Waals surface area contributed by atoms with Gasteiger partial charge in [0.25, 0.3) is 0 Å². The third-order valence-electron chi connectivity index (χ3n) is 7.30. The minimum atomic E-state index is -0.681. The van der Waals surface area contributed by atoms with Crippen LogP contribution in [0.15, 0.2) is 83.6 Å². The van der Waals surface area contributed by atoms with Crippen LogP contribution in [0.2, 0.25) is 5.02 Å². The number of anilines is 1. The predicted octanol–water partition coefficient (Wildman–Crippen LogP) is 7.22. The fourth-order valence-electron chi connectivity index (χ4n) is 5.42. The van der Waals surface area contributed by atoms with Crippen LogP contribution in [0.3, 0.4) is 0 Å². The minimum Gasteiger partial charge on any atom is -0.507 e. The molecule has 2 aliphatic rings. The Bertz CT molecular complexity index is 1490. The number of methoxy groups -OCH3 is 2. The van der Waals surface area contributed by atoms with Gasteiger partial charge in [-0.2, -0.15) is 0 Å². The number of rotatable bonds is 5. The highest BCUT2D eigenvalue weighted by atomic mass is 35.5. The number of nitrogens with zero attached hydrogens (tertiary/aromatic N) is 1. The van der Waals surface area contributed by atoms with Gasteiger partial charge in [0, 0.05) is 39.4 Å². The van der Waals surface area contributed by atoms with Crippen molar-refractivity contribution in [1.29, 1.82) is 5.41 Å². The van der Waals surface area contributed by atoms with Gasteiger partial charge in [-0.15, -0.1) is 0 Å². The quantitative estimate of drug-likeness (QED) is 0.341. The summed E-state index contributed by atoms with van der Waals surface area (Å²) >= 11 is 6.50. The lowest BCUT2D eigenvalue weighted by molar-refractivity contribution is -0.116. The summed E-state index contributed by atoms with van der Waals surface area (Å²) in [6.45, 7) is 1.90. The average Bonchev–Trinajstić information content (AvgIpc) is 2.94. The Labute approximate surface area is 227 Å². The van der Waals surface area contributed by atoms with Crippen molar-refractivity contribution in [2.75, 3.05) is 19.1 Å². The molecule has 1 unspecified atom stereocenters. The van der Waals surface area contributed by atoms with Gasteiger partial charge in [0.05, 0.1) is 25.8 Å². The maximum absolute atomic E-state index is 13.7. The van der Waals surface area contributed by atoms with E-state index in [1.54, 1.807) is 49.5 Å². The first-order chi connectivity index (χ1) is 18.4. The molecule has 0 spiro atoms. The number of Topliss-reactive ketones (excluding diaryl/α,β-unsaturated/α-hetero) is 1. The normalized spacial score (nSPS) is 18.8. The Morgan fingerprint density at radius 1 is 1.00 bits per heavy atom. The summed E-state index contributed by atoms with van der Waals surface area (Å²) in [5, 5.41) is 21.9. The first kappa shape index (κ1) is 25.6. The van der Waals surface area contributed by atoms with E-state index in [1.807, 2.05) is 43.3 Å². The Morgan fingerprint density at radius 2 is 1.74 bits per heavy atom. The number of aliphatic hydroxyl groups is 1. The van der Waals surface area contributed by atoms with Crippen LogP contribution >= 0.6 is 11.6 Å². The molecule has 3 aromatic carbocycles. The lowest BCUT2D eigenvalue weighted by Crippen LogP contribution is -2.42. The number of ether oxygens (including phenoxy) is 2. The van der Waals surface area contributed by atoms with Gasteiger partial charge in [-0.25, -0.2) is 0 Å². The second-order valence-electron chi connectivity index (χ2n) is 9.37. The largest absolute Gasteiger partial charge is 0.507 e. The van der Waals surface area contributed by atoms with Crippen LogP contribution in [-0.4, -0.2) is 30.9 Å². The summed E-state index contributed by atoms with van der Waals surface area (Å²) in [6.07, 6.45) is 1.71. The number of amidine groups is 1. The highest BCUT2D eigenvalue weighted by Gasteiger charge is 2.44. The molecule has 1 aliphatic carbocycles. The SMILES string of the molecule is COc1ccc(/C(O)=C2\C(=N)N(c3cccc(Cl)c3C)C3=C(C(=O)CCC3)C2c2ccccc2OC)cc1. The van der Waals surface area contributed by atoms with E-state index in [1.165, 1.54) is 0 Å². The molecule has 1 aliphatic heterocycles. The highest BCUT2D eigenvalue weighted by molar-refractivity contribution is 6.32. The number of nitrogens with one attached hydrogen (secondary N) is 1. The Kier molecular flexibility index (Phi) is 7.00. The van der Waals surface area contributed by atoms with E-state index in [0.29, 0.717) is 58.2 Å². The zero-order chi connectivity index (χ0) is 27.0. The van der Waals surface area contributed by atoms with Crippen molar-refractivity contribution in [2.45, 2.75) is 32.1 Å². The molecule has 0 bridgehead atoms. The molecule has 0 saturated heterocycles. The maximum Gasteiger partial charge on any atom is 0.161 e. The molecule has 0 fully saturated rings. The lowest BCUT2D eigenvalue weighted by Gasteiger charge is -2.42. The first-order valence-corrected chi connectivity index (χ1v) is 12.9. The fraction of sp³-hybridized carbons (Fsp3) is 0.226. The van der Waals surface area contributed by atoms with E-state index in [-0.39, 0.29) is 17.4 Å². The standard InChI is InChI=1S/C31H29ClN2O4/c1-18-22(32)9-6-10-23(18)34-24-11-7-12-25(35)28(24)27(21-8-4-5-13-26(21)38-3)29(31(34)33)30(36)19-14-16-20(37-2)17-15-19/h4-6,8-10,13-17,27,33,36H,7,11-12H2,1-3H3/b30-29+,33-31?. The second-order valence-corrected chi connectivity index (χ2v) is 9.78. The maximum atomic E-state index is 13.7. The van der Waals surface area contributed by atoms with Crippen molar-refractivity contribution in [2.24, 2.45) is 0 Å². The van der Waals surface area contributed by atoms with E-state index in [2.05, 4.69) is 0 Å². The molecule has 2 N–H and O–H groups in total. The van der Waals surface area contributed by atoms with Crippen LogP contribution < -0.4 is 14.4 Å². The Balaban J connectivity index is 1.86. The molecule has 0 amide bonds. The number of carbonyl (C=O) groups excluding carboxylic acids is 1. The molecule has 6 nitrogen and oxygen atoms in total. The second kappa shape index (κ2) is 10.4. The highest BCUT2D eigenvalue weighted by Crippen LogP contribution is 2.50. The van der Waals surface area contributed by atoms with Crippen molar-refractivity contribution in [3.8, 4) is 11.5 Å². The molecule has 1 atom stereocenters. The number of aliphatic hydroxyl groups excluding tert-OH is 1. The molecule has 3 aromatic rings. The number of allylic oxidation sites excluding steroid dienone is 2. The first-order valence-electron chi connectivity index (χ1n) is 12.5. The number of benzene rings is 3. The molecule has 1 heterocycles. The summed E-state index contributed by atoms with van der Waals surface area (Å²) in [5.41, 5.74) is 4.41. The third kappa shape index (κ3) is 4.25. The minimum absolute atomic E-state index is 0.000585. The number of halogens is 1. The van der Waals surface area contributed by atoms with Gasteiger partial charge >= 0.3 is 0 Å². The number of carbonyl (C=O) groups is 1. The monoisotopic (exact) mass is 528 g/mol. The van der Waals surface area contributed by atoms with Gasteiger partial charge in [0.2, 0.25) is 0 Å². The van der Waals surface area contributed by atoms with Crippen LogP contribution in [0.5, 0.6) is 11.5 Å². The van der Waals surface area contributed by atoms with E-state index in [9.17, 15) is 15.3 Å². The summed E-state index contributed by atoms with van der Waals surface area (Å²) in [6, 6.07) is 20.0. The van der Waals surface area contributed by atoms with Crippen LogP contribution in [-0.2, 0) is 4.79 Å². The molecule has 38 heavy (non-hydrogen) atoms. The Hall–Kier alpha value is -4.03. The number of hydrogen-bond acceptors (Lipinski definition) is 5. The lowest BCUT2D eigenvalue weighted by atomic mass is 9.73. The zero-order valence-electron chi connectivity index (χ0n) is 21.5. The van der Waals surface area contributed by atoms with Crippen LogP contribution in [0.25, 0.3) is 5.76 Å². The molecular formula is C31H29ClN2O4. The molecule has 0 aromatic heterocycles. The van der Waals surface area contributed by atoms with E-state index in [4.69, 9.17) is 21.1 Å². The van der Waals surface area contributed by atoms with Crippen molar-refractivity contribution in [1.82, 2.24) is 0 Å². The van der Waals surface area contributed by atoms with Gasteiger partial charge in [0.1, 0.15) is 23.1 Å². The molecule has 194 valence electrons. The number of para-hydroxylation sites is 1. The van der Waals surface area contributed by atoms with Crippen molar-refractivity contribution >= 4 is 34.7 Å². The van der Waals surface area contributed by atoms with Crippen molar-refractivity contribution in [3.63, 3.8) is 0 Å². The summed E-state index contributed by atoms with van der Waals surface area (Å²) in [5.74, 6) is 0.563. The average molecular weight is 529 g/mol. The van der Waals surface area contributed by atoms with Crippen LogP contribution in [0.4, 0.5) is 5.69 Å². The summed E-state index contributed by atoms with van der Waals surface area (Å²) in [7, 11) is 3.16. The van der Waals surface area contributed by atoms with Crippen LogP contribution in [0, 0.1) is 12.3 Å². The van der Waals surface area contributed by atoms with Gasteiger partial charge < -0.3 is 14.6 Å². The third-order valence-corrected chi connectivity index (χ3v) is 7.71. The topological polar surface area (TPSA) is 82.9 Å². The van der Waals surface area contributed by atoms with Gasteiger partial charge in [0.15, 0.2) is 5.78 Å². The van der Waals surface area contributed by atoms with Crippen LogP contribution in [0.1, 0.15) is 41.9 Å².